The second kappa shape index (κ2) is 5.36. The molecule has 0 amide bonds. The summed E-state index contributed by atoms with van der Waals surface area (Å²) in [6.07, 6.45) is 9.79. The third kappa shape index (κ3) is 2.30. The van der Waals surface area contributed by atoms with Crippen molar-refractivity contribution in [3.05, 3.63) is 12.2 Å². The van der Waals surface area contributed by atoms with Crippen LogP contribution in [-0.2, 0) is 11.8 Å². The minimum Gasteiger partial charge on any atom is -0.381 e. The quantitative estimate of drug-likeness (QED) is 0.835. The van der Waals surface area contributed by atoms with Crippen LogP contribution in [0, 0.1) is 5.41 Å². The maximum Gasteiger partial charge on any atom is 0.137 e. The van der Waals surface area contributed by atoms with Crippen LogP contribution >= 0.6 is 0 Å². The lowest BCUT2D eigenvalue weighted by molar-refractivity contribution is 0.00914. The lowest BCUT2D eigenvalue weighted by atomic mass is 9.72. The van der Waals surface area contributed by atoms with E-state index in [0.29, 0.717) is 11.3 Å². The number of hydrogen-bond donors (Lipinski definition) is 0. The molecule has 4 rings (SSSR count). The fraction of sp³-hybridized carbons (Fsp3) is 0.875. The van der Waals surface area contributed by atoms with Gasteiger partial charge in [0.2, 0.25) is 0 Å². The van der Waals surface area contributed by atoms with Crippen molar-refractivity contribution in [3.63, 3.8) is 0 Å². The number of likely N-dealkylation sites (tertiary alicyclic amines) is 1. The fourth-order valence-electron chi connectivity index (χ4n) is 4.80. The van der Waals surface area contributed by atoms with Crippen molar-refractivity contribution in [1.82, 2.24) is 19.7 Å². The largest absolute Gasteiger partial charge is 0.381 e. The number of ether oxygens (including phenoxy) is 1. The fourth-order valence-corrected chi connectivity index (χ4v) is 4.80. The maximum atomic E-state index is 5.65. The molecule has 0 bridgehead atoms. The molecule has 21 heavy (non-hydrogen) atoms. The molecular formula is C16H26N4O. The van der Waals surface area contributed by atoms with Crippen LogP contribution in [0.3, 0.4) is 0 Å². The van der Waals surface area contributed by atoms with Gasteiger partial charge in [0.15, 0.2) is 0 Å². The van der Waals surface area contributed by atoms with Crippen molar-refractivity contribution in [2.24, 2.45) is 12.5 Å². The molecular weight excluding hydrogens is 264 g/mol. The zero-order chi connectivity index (χ0) is 14.3. The van der Waals surface area contributed by atoms with Gasteiger partial charge in [-0.1, -0.05) is 12.8 Å². The van der Waals surface area contributed by atoms with Gasteiger partial charge >= 0.3 is 0 Å². The number of aryl methyl sites for hydroxylation is 1. The average Bonchev–Trinajstić information content (AvgIpc) is 3.20. The topological polar surface area (TPSA) is 43.2 Å². The van der Waals surface area contributed by atoms with Gasteiger partial charge in [0.25, 0.3) is 0 Å². The molecule has 0 N–H and O–H groups in total. The normalized spacial score (nSPS) is 30.4. The van der Waals surface area contributed by atoms with E-state index >= 15 is 0 Å². The minimum atomic E-state index is 0.363. The van der Waals surface area contributed by atoms with Gasteiger partial charge in [-0.2, -0.15) is 0 Å². The summed E-state index contributed by atoms with van der Waals surface area (Å²) in [4.78, 5) is 2.76. The van der Waals surface area contributed by atoms with Gasteiger partial charge in [0.05, 0.1) is 0 Å². The molecule has 1 unspecified atom stereocenters. The minimum absolute atomic E-state index is 0.363. The summed E-state index contributed by atoms with van der Waals surface area (Å²) in [7, 11) is 2.08. The Morgan fingerprint density at radius 3 is 2.67 bits per heavy atom. The monoisotopic (exact) mass is 290 g/mol. The Morgan fingerprint density at radius 1 is 1.24 bits per heavy atom. The second-order valence-corrected chi connectivity index (χ2v) is 7.20. The highest BCUT2D eigenvalue weighted by Crippen LogP contribution is 2.50. The Bertz CT molecular complexity index is 488. The third-order valence-corrected chi connectivity index (χ3v) is 6.06. The van der Waals surface area contributed by atoms with Gasteiger partial charge in [-0.15, -0.1) is 10.2 Å². The zero-order valence-electron chi connectivity index (χ0n) is 13.0. The molecule has 0 aromatic carbocycles. The first-order valence-corrected chi connectivity index (χ1v) is 8.44. The second-order valence-electron chi connectivity index (χ2n) is 7.20. The van der Waals surface area contributed by atoms with Crippen LogP contribution in [0.15, 0.2) is 6.33 Å². The molecule has 3 fully saturated rings. The molecule has 116 valence electrons. The van der Waals surface area contributed by atoms with Crippen LogP contribution in [0.1, 0.15) is 50.3 Å². The van der Waals surface area contributed by atoms with E-state index in [-0.39, 0.29) is 0 Å². The number of hydrogen-bond acceptors (Lipinski definition) is 4. The van der Waals surface area contributed by atoms with Crippen LogP contribution in [0.2, 0.25) is 0 Å². The van der Waals surface area contributed by atoms with Crippen molar-refractivity contribution >= 4 is 0 Å². The highest BCUT2D eigenvalue weighted by atomic mass is 16.5. The summed E-state index contributed by atoms with van der Waals surface area (Å²) in [6, 6.07) is 0.808. The van der Waals surface area contributed by atoms with Gasteiger partial charge in [-0.25, -0.2) is 0 Å². The van der Waals surface area contributed by atoms with E-state index in [0.717, 1.165) is 25.8 Å². The summed E-state index contributed by atoms with van der Waals surface area (Å²) in [5, 5.41) is 8.58. The van der Waals surface area contributed by atoms with E-state index in [1.807, 2.05) is 6.33 Å². The lowest BCUT2D eigenvalue weighted by Crippen LogP contribution is -2.38. The Kier molecular flexibility index (Phi) is 3.50. The van der Waals surface area contributed by atoms with E-state index in [4.69, 9.17) is 4.74 Å². The molecule has 1 atom stereocenters. The van der Waals surface area contributed by atoms with E-state index in [1.165, 1.54) is 50.9 Å². The van der Waals surface area contributed by atoms with E-state index in [9.17, 15) is 0 Å². The van der Waals surface area contributed by atoms with Crippen molar-refractivity contribution in [2.75, 3.05) is 26.3 Å². The Balaban J connectivity index is 1.63. The predicted octanol–water partition coefficient (Wildman–Crippen LogP) is 1.95. The molecule has 1 spiro atoms. The summed E-state index contributed by atoms with van der Waals surface area (Å²) >= 11 is 0. The summed E-state index contributed by atoms with van der Waals surface area (Å²) < 4.78 is 7.78. The van der Waals surface area contributed by atoms with Crippen molar-refractivity contribution in [3.8, 4) is 0 Å². The van der Waals surface area contributed by atoms with Crippen molar-refractivity contribution in [2.45, 2.75) is 50.5 Å². The molecule has 3 heterocycles. The molecule has 2 aliphatic heterocycles. The number of nitrogens with zero attached hydrogens (tertiary/aromatic N) is 4. The zero-order valence-corrected chi connectivity index (χ0v) is 13.0. The lowest BCUT2D eigenvalue weighted by Gasteiger charge is -2.38. The molecule has 5 heteroatoms. The van der Waals surface area contributed by atoms with Crippen molar-refractivity contribution < 1.29 is 4.74 Å². The SMILES string of the molecule is Cn1cnnc1C1CN(C2CCCC2)CC12CCOCC2. The van der Waals surface area contributed by atoms with Crippen LogP contribution in [0.5, 0.6) is 0 Å². The maximum absolute atomic E-state index is 5.65. The molecule has 2 saturated heterocycles. The molecule has 1 aromatic heterocycles. The number of aromatic nitrogens is 3. The summed E-state index contributed by atoms with van der Waals surface area (Å²) in [6.45, 7) is 4.22. The van der Waals surface area contributed by atoms with E-state index in [2.05, 4.69) is 26.7 Å². The first kappa shape index (κ1) is 13.7. The molecule has 1 aliphatic carbocycles. The Morgan fingerprint density at radius 2 is 2.00 bits per heavy atom. The van der Waals surface area contributed by atoms with Gasteiger partial charge in [0, 0.05) is 45.3 Å². The molecule has 1 aromatic rings. The van der Waals surface area contributed by atoms with Gasteiger partial charge in [-0.05, 0) is 31.1 Å². The summed E-state index contributed by atoms with van der Waals surface area (Å²) in [5.41, 5.74) is 0.363. The molecule has 3 aliphatic rings. The van der Waals surface area contributed by atoms with Gasteiger partial charge in [0.1, 0.15) is 12.2 Å². The standard InChI is InChI=1S/C16H26N4O/c1-19-12-17-18-15(19)14-10-20(13-4-2-3-5-13)11-16(14)6-8-21-9-7-16/h12-14H,2-11H2,1H3. The highest BCUT2D eigenvalue weighted by Gasteiger charge is 2.50. The Hall–Kier alpha value is -0.940. The smallest absolute Gasteiger partial charge is 0.137 e. The van der Waals surface area contributed by atoms with Crippen LogP contribution in [-0.4, -0.2) is 52.0 Å². The first-order valence-electron chi connectivity index (χ1n) is 8.44. The highest BCUT2D eigenvalue weighted by molar-refractivity contribution is 5.13. The van der Waals surface area contributed by atoms with Gasteiger partial charge < -0.3 is 9.30 Å². The molecule has 0 radical (unpaired) electrons. The first-order chi connectivity index (χ1) is 10.3. The Labute approximate surface area is 126 Å². The van der Waals surface area contributed by atoms with Crippen LogP contribution in [0.4, 0.5) is 0 Å². The summed E-state index contributed by atoms with van der Waals surface area (Å²) in [5.74, 6) is 1.70. The molecule has 5 nitrogen and oxygen atoms in total. The van der Waals surface area contributed by atoms with Crippen LogP contribution in [0.25, 0.3) is 0 Å². The predicted molar refractivity (Wildman–Crippen MR) is 80.1 cm³/mol. The van der Waals surface area contributed by atoms with Crippen molar-refractivity contribution in [1.29, 1.82) is 0 Å². The third-order valence-electron chi connectivity index (χ3n) is 6.06. The van der Waals surface area contributed by atoms with Gasteiger partial charge in [-0.3, -0.25) is 4.90 Å². The van der Waals surface area contributed by atoms with Crippen LogP contribution < -0.4 is 0 Å². The van der Waals surface area contributed by atoms with E-state index < -0.39 is 0 Å². The van der Waals surface area contributed by atoms with E-state index in [1.54, 1.807) is 0 Å². The average molecular weight is 290 g/mol. The molecule has 1 saturated carbocycles. The number of rotatable bonds is 2.